The van der Waals surface area contributed by atoms with E-state index in [-0.39, 0.29) is 23.9 Å². The molecule has 1 atom stereocenters. The van der Waals surface area contributed by atoms with Crippen molar-refractivity contribution in [3.63, 3.8) is 0 Å². The summed E-state index contributed by atoms with van der Waals surface area (Å²) in [7, 11) is -0.251. The molecule has 3 aromatic rings. The average Bonchev–Trinajstić information content (AvgIpc) is 3.02. The van der Waals surface area contributed by atoms with Gasteiger partial charge in [0.15, 0.2) is 0 Å². The maximum Gasteiger partial charge on any atom is 0.490 e. The first kappa shape index (κ1) is 38.9. The van der Waals surface area contributed by atoms with Crippen LogP contribution in [0.15, 0.2) is 87.9 Å². The molecule has 3 aromatic carbocycles. The van der Waals surface area contributed by atoms with Crippen LogP contribution in [0.2, 0.25) is 0 Å². The summed E-state index contributed by atoms with van der Waals surface area (Å²) in [6.07, 6.45) is -4.61. The van der Waals surface area contributed by atoms with Crippen molar-refractivity contribution in [3.8, 4) is 5.75 Å². The molecular formula is C29H34F3N7O8S. The average molecular weight is 698 g/mol. The molecule has 0 aliphatic carbocycles. The third-order valence-corrected chi connectivity index (χ3v) is 7.32. The molecule has 15 nitrogen and oxygen atoms in total. The molecule has 0 aliphatic rings. The van der Waals surface area contributed by atoms with Gasteiger partial charge in [-0.05, 0) is 72.6 Å². The first-order valence-corrected chi connectivity index (χ1v) is 15.2. The van der Waals surface area contributed by atoms with E-state index in [4.69, 9.17) is 30.6 Å². The first-order chi connectivity index (χ1) is 22.5. The molecule has 0 aromatic heterocycles. The summed E-state index contributed by atoms with van der Waals surface area (Å²) in [6, 6.07) is 18.4. The number of carboxylic acid groups (broad SMARTS) is 2. The lowest BCUT2D eigenvalue weighted by molar-refractivity contribution is -0.192. The second-order valence-electron chi connectivity index (χ2n) is 9.83. The lowest BCUT2D eigenvalue weighted by Gasteiger charge is -2.15. The molecule has 3 rings (SSSR count). The Bertz CT molecular complexity index is 1640. The number of hydrogen-bond donors (Lipinski definition) is 6. The van der Waals surface area contributed by atoms with Crippen LogP contribution in [0.25, 0.3) is 0 Å². The fourth-order valence-corrected chi connectivity index (χ4v) is 4.66. The number of halogens is 3. The number of rotatable bonds is 15. The van der Waals surface area contributed by atoms with Crippen molar-refractivity contribution in [3.05, 3.63) is 78.4 Å². The summed E-state index contributed by atoms with van der Waals surface area (Å²) >= 11 is 0. The van der Waals surface area contributed by atoms with E-state index in [9.17, 15) is 31.5 Å². The molecule has 19 heteroatoms. The Morgan fingerprint density at radius 1 is 0.938 bits per heavy atom. The highest BCUT2D eigenvalue weighted by Gasteiger charge is 2.38. The van der Waals surface area contributed by atoms with Gasteiger partial charge in [0.2, 0.25) is 16.0 Å². The number of nitrogens with two attached hydrogens (primary N) is 1. The van der Waals surface area contributed by atoms with Gasteiger partial charge in [0.05, 0.1) is 29.5 Å². The number of alkyl halides is 3. The highest BCUT2D eigenvalue weighted by atomic mass is 32.2. The van der Waals surface area contributed by atoms with E-state index < -0.39 is 34.2 Å². The summed E-state index contributed by atoms with van der Waals surface area (Å²) < 4.78 is 65.4. The van der Waals surface area contributed by atoms with Crippen molar-refractivity contribution in [2.24, 2.45) is 16.0 Å². The summed E-state index contributed by atoms with van der Waals surface area (Å²) in [5.41, 5.74) is 10.0. The van der Waals surface area contributed by atoms with Crippen LogP contribution >= 0.6 is 0 Å². The number of nitrogens with one attached hydrogen (secondary N) is 3. The van der Waals surface area contributed by atoms with Gasteiger partial charge in [0.25, 0.3) is 0 Å². The third-order valence-electron chi connectivity index (χ3n) is 5.84. The quantitative estimate of drug-likeness (QED) is 0.0438. The van der Waals surface area contributed by atoms with Crippen LogP contribution in [0, 0.1) is 5.41 Å². The Morgan fingerprint density at radius 3 is 1.92 bits per heavy atom. The highest BCUT2D eigenvalue weighted by Crippen LogP contribution is 2.23. The zero-order valence-electron chi connectivity index (χ0n) is 25.6. The maximum absolute atomic E-state index is 12.9. The van der Waals surface area contributed by atoms with Gasteiger partial charge in [0, 0.05) is 26.2 Å². The number of carboxylic acids is 2. The van der Waals surface area contributed by atoms with Crippen LogP contribution in [0.3, 0.4) is 0 Å². The lowest BCUT2D eigenvalue weighted by atomic mass is 10.1. The highest BCUT2D eigenvalue weighted by molar-refractivity contribution is 7.89. The molecule has 0 saturated carbocycles. The fraction of sp³-hybridized carbons (Fsp3) is 0.276. The molecule has 0 radical (unpaired) electrons. The number of benzene rings is 3. The number of azo groups is 1. The summed E-state index contributed by atoms with van der Waals surface area (Å²) in [4.78, 5) is 27.6. The van der Waals surface area contributed by atoms with Gasteiger partial charge in [-0.15, -0.1) is 0 Å². The molecule has 0 fully saturated rings. The van der Waals surface area contributed by atoms with Crippen LogP contribution in [-0.4, -0.2) is 76.1 Å². The molecule has 0 saturated heterocycles. The maximum atomic E-state index is 12.9. The van der Waals surface area contributed by atoms with E-state index in [1.807, 2.05) is 43.3 Å². The van der Waals surface area contributed by atoms with Gasteiger partial charge in [-0.2, -0.15) is 28.1 Å². The number of carbonyl (C=O) groups is 2. The second kappa shape index (κ2) is 18.2. The molecule has 48 heavy (non-hydrogen) atoms. The van der Waals surface area contributed by atoms with Crippen molar-refractivity contribution >= 4 is 45.0 Å². The van der Waals surface area contributed by atoms with E-state index in [0.29, 0.717) is 35.7 Å². The number of hydroxylamine groups is 1. The summed E-state index contributed by atoms with van der Waals surface area (Å²) in [5.74, 6) is -3.79. The molecule has 0 aliphatic heterocycles. The molecule has 7 N–H and O–H groups in total. The van der Waals surface area contributed by atoms with Gasteiger partial charge in [-0.1, -0.05) is 12.1 Å². The number of sulfonamides is 1. The summed E-state index contributed by atoms with van der Waals surface area (Å²) in [6.45, 7) is 0.636. The summed E-state index contributed by atoms with van der Waals surface area (Å²) in [5, 5.41) is 32.1. The minimum atomic E-state index is -5.08. The van der Waals surface area contributed by atoms with Crippen molar-refractivity contribution < 1.29 is 51.0 Å². The number of nitrogens with zero attached hydrogens (tertiary/aromatic N) is 3. The van der Waals surface area contributed by atoms with Gasteiger partial charge in [-0.3, -0.25) is 15.0 Å². The van der Waals surface area contributed by atoms with Crippen LogP contribution in [0.5, 0.6) is 5.75 Å². The molecular weight excluding hydrogens is 663 g/mol. The molecule has 0 bridgehead atoms. The van der Waals surface area contributed by atoms with E-state index in [2.05, 4.69) is 20.4 Å². The van der Waals surface area contributed by atoms with Crippen LogP contribution < -0.4 is 25.6 Å². The Balaban J connectivity index is 0.00000103. The second-order valence-corrected chi connectivity index (χ2v) is 11.5. The lowest BCUT2D eigenvalue weighted by Crippen LogP contribution is -2.42. The number of aliphatic carboxylic acids is 2. The van der Waals surface area contributed by atoms with Gasteiger partial charge in [0.1, 0.15) is 11.8 Å². The SMILES string of the molecule is CN(C)c1ccc(/N=N/c2ccc(S(=O)(=O)N[C@@H](Cc3ccc(OCCCONC(=N)N)cc3)C(=O)O)cc2)cc1.O=C(O)C(F)(F)F. The van der Waals surface area contributed by atoms with Crippen molar-refractivity contribution in [1.29, 1.82) is 5.41 Å². The van der Waals surface area contributed by atoms with E-state index in [1.54, 1.807) is 24.3 Å². The zero-order chi connectivity index (χ0) is 35.9. The third kappa shape index (κ3) is 14.0. The van der Waals surface area contributed by atoms with Gasteiger partial charge >= 0.3 is 18.1 Å². The molecule has 260 valence electrons. The molecule has 0 unspecified atom stereocenters. The Hall–Kier alpha value is -5.27. The van der Waals surface area contributed by atoms with E-state index in [0.717, 1.165) is 5.69 Å². The van der Waals surface area contributed by atoms with Crippen molar-refractivity contribution in [2.75, 3.05) is 32.2 Å². The number of anilines is 1. The van der Waals surface area contributed by atoms with Crippen LogP contribution in [0.4, 0.5) is 30.2 Å². The van der Waals surface area contributed by atoms with Crippen LogP contribution in [-0.2, 0) is 30.9 Å². The Labute approximate surface area is 273 Å². The Kier molecular flexibility index (Phi) is 14.7. The van der Waals surface area contributed by atoms with E-state index >= 15 is 0 Å². The molecule has 0 heterocycles. The van der Waals surface area contributed by atoms with Crippen molar-refractivity contribution in [2.45, 2.75) is 30.0 Å². The zero-order valence-corrected chi connectivity index (χ0v) is 26.5. The Morgan fingerprint density at radius 2 is 1.46 bits per heavy atom. The largest absolute Gasteiger partial charge is 0.494 e. The topological polar surface area (TPSA) is 229 Å². The minimum Gasteiger partial charge on any atom is -0.494 e. The fourth-order valence-electron chi connectivity index (χ4n) is 3.47. The first-order valence-electron chi connectivity index (χ1n) is 13.8. The van der Waals surface area contributed by atoms with Crippen LogP contribution in [0.1, 0.15) is 12.0 Å². The predicted molar refractivity (Wildman–Crippen MR) is 168 cm³/mol. The predicted octanol–water partition coefficient (Wildman–Crippen LogP) is 3.96. The smallest absolute Gasteiger partial charge is 0.490 e. The van der Waals surface area contributed by atoms with Gasteiger partial charge < -0.3 is 25.6 Å². The molecule has 0 spiro atoms. The monoisotopic (exact) mass is 697 g/mol. The molecule has 0 amide bonds. The standard InChI is InChI=1S/C27H33N7O6S.C2HF3O2/c1-34(2)22-10-6-20(7-11-22)30-31-21-8-14-24(15-9-21)41(37,38)33-25(26(35)36)18-19-4-12-23(13-5-19)39-16-3-17-40-32-27(28)29;3-2(4,5)1(6)7/h4-15,25,33H,3,16-18H2,1-2H3,(H,35,36)(H4,28,29,32);(H,6,7)/b31-30+;/t25-;/m0./s1. The normalized spacial score (nSPS) is 12.0. The van der Waals surface area contributed by atoms with Crippen molar-refractivity contribution in [1.82, 2.24) is 10.2 Å². The van der Waals surface area contributed by atoms with Gasteiger partial charge in [-0.25, -0.2) is 18.7 Å². The minimum absolute atomic E-state index is 0.0711. The number of guanidine groups is 1. The number of ether oxygens (including phenoxy) is 1. The number of hydrogen-bond acceptors (Lipinski definition) is 10. The van der Waals surface area contributed by atoms with E-state index in [1.165, 1.54) is 24.3 Å².